The minimum atomic E-state index is -0.642. The molecule has 0 bridgehead atoms. The van der Waals surface area contributed by atoms with Gasteiger partial charge in [-0.15, -0.1) is 0 Å². The van der Waals surface area contributed by atoms with Crippen LogP contribution in [-0.2, 0) is 4.79 Å². The molecule has 2 heterocycles. The fraction of sp³-hybridized carbons (Fsp3) is 0.217. The topological polar surface area (TPSA) is 90.0 Å². The number of benzene rings is 2. The number of anilines is 1. The Morgan fingerprint density at radius 3 is 2.48 bits per heavy atom. The van der Waals surface area contributed by atoms with E-state index in [-0.39, 0.29) is 17.5 Å². The molecular weight excluding hydrogens is 412 g/mol. The summed E-state index contributed by atoms with van der Waals surface area (Å²) in [5, 5.41) is 7.05. The maximum absolute atomic E-state index is 13.2. The first-order valence-corrected chi connectivity index (χ1v) is 10.8. The van der Waals surface area contributed by atoms with Crippen LogP contribution < -0.4 is 10.9 Å². The van der Waals surface area contributed by atoms with Crippen LogP contribution in [0.4, 0.5) is 5.82 Å². The summed E-state index contributed by atoms with van der Waals surface area (Å²) in [6.07, 6.45) is 0. The van der Waals surface area contributed by atoms with E-state index >= 15 is 0 Å². The first-order valence-electron chi connectivity index (χ1n) is 9.91. The lowest BCUT2D eigenvalue weighted by Gasteiger charge is -2.20. The maximum atomic E-state index is 13.2. The lowest BCUT2D eigenvalue weighted by Crippen LogP contribution is -2.26. The Morgan fingerprint density at radius 2 is 1.81 bits per heavy atom. The smallest absolute Gasteiger partial charge is 0.262 e. The molecule has 0 saturated heterocycles. The molecule has 8 heteroatoms. The summed E-state index contributed by atoms with van der Waals surface area (Å²) in [5.41, 5.74) is 1.27. The number of thioether (sulfide) groups is 1. The number of aromatic nitrogens is 3. The molecule has 4 aromatic rings. The van der Waals surface area contributed by atoms with Crippen LogP contribution in [0, 0.1) is 6.92 Å². The van der Waals surface area contributed by atoms with Gasteiger partial charge < -0.3 is 9.84 Å². The number of amides is 1. The number of hydrogen-bond acceptors (Lipinski definition) is 6. The van der Waals surface area contributed by atoms with Gasteiger partial charge >= 0.3 is 0 Å². The van der Waals surface area contributed by atoms with Gasteiger partial charge in [-0.1, -0.05) is 59.4 Å². The van der Waals surface area contributed by atoms with Crippen molar-refractivity contribution in [2.75, 3.05) is 5.32 Å². The molecule has 2 aromatic heterocycles. The zero-order valence-corrected chi connectivity index (χ0v) is 18.2. The Morgan fingerprint density at radius 1 is 1.10 bits per heavy atom. The van der Waals surface area contributed by atoms with E-state index in [2.05, 4.69) is 10.5 Å². The molecule has 1 unspecified atom stereocenters. The number of aryl methyl sites for hydroxylation is 1. The van der Waals surface area contributed by atoms with Gasteiger partial charge in [0.25, 0.3) is 5.56 Å². The van der Waals surface area contributed by atoms with Gasteiger partial charge in [0.05, 0.1) is 10.9 Å². The average Bonchev–Trinajstić information content (AvgIpc) is 3.16. The highest BCUT2D eigenvalue weighted by atomic mass is 32.2. The van der Waals surface area contributed by atoms with Crippen LogP contribution in [0.5, 0.6) is 0 Å². The summed E-state index contributed by atoms with van der Waals surface area (Å²) in [6, 6.07) is 18.2. The van der Waals surface area contributed by atoms with Crippen LogP contribution in [0.2, 0.25) is 0 Å². The maximum Gasteiger partial charge on any atom is 0.262 e. The average molecular weight is 435 g/mol. The molecule has 1 atom stereocenters. The van der Waals surface area contributed by atoms with Crippen molar-refractivity contribution in [3.8, 4) is 0 Å². The predicted molar refractivity (Wildman–Crippen MR) is 121 cm³/mol. The van der Waals surface area contributed by atoms with Crippen molar-refractivity contribution in [1.82, 2.24) is 14.7 Å². The summed E-state index contributed by atoms with van der Waals surface area (Å²) in [4.78, 5) is 31.1. The minimum absolute atomic E-state index is 0.121. The molecule has 1 amide bonds. The van der Waals surface area contributed by atoms with Crippen molar-refractivity contribution in [2.24, 2.45) is 0 Å². The number of hydrogen-bond donors (Lipinski definition) is 1. The second kappa shape index (κ2) is 8.77. The van der Waals surface area contributed by atoms with Crippen molar-refractivity contribution in [3.63, 3.8) is 0 Å². The van der Waals surface area contributed by atoms with E-state index in [1.807, 2.05) is 56.3 Å². The highest BCUT2D eigenvalue weighted by Gasteiger charge is 2.26. The summed E-state index contributed by atoms with van der Waals surface area (Å²) in [6.45, 7) is 5.61. The number of nitrogens with one attached hydrogen (secondary N) is 1. The van der Waals surface area contributed by atoms with Gasteiger partial charge in [-0.3, -0.25) is 14.2 Å². The molecule has 0 radical (unpaired) electrons. The molecular formula is C23H22N4O3S. The first kappa shape index (κ1) is 20.9. The van der Waals surface area contributed by atoms with Crippen molar-refractivity contribution < 1.29 is 9.32 Å². The molecule has 4 rings (SSSR count). The summed E-state index contributed by atoms with van der Waals surface area (Å²) >= 11 is 1.24. The molecule has 158 valence electrons. The number of carbonyl (C=O) groups excluding carboxylic acids is 1. The second-order valence-corrected chi connectivity index (χ2v) is 8.47. The van der Waals surface area contributed by atoms with Gasteiger partial charge in [0.1, 0.15) is 11.0 Å². The van der Waals surface area contributed by atoms with E-state index < -0.39 is 5.25 Å². The van der Waals surface area contributed by atoms with Gasteiger partial charge in [0.15, 0.2) is 11.0 Å². The van der Waals surface area contributed by atoms with Crippen LogP contribution in [0.15, 0.2) is 75.1 Å². The van der Waals surface area contributed by atoms with E-state index in [9.17, 15) is 9.59 Å². The van der Waals surface area contributed by atoms with Crippen molar-refractivity contribution in [1.29, 1.82) is 0 Å². The zero-order valence-electron chi connectivity index (χ0n) is 17.4. The summed E-state index contributed by atoms with van der Waals surface area (Å²) < 4.78 is 6.69. The van der Waals surface area contributed by atoms with Crippen molar-refractivity contribution in [3.05, 3.63) is 82.3 Å². The molecule has 31 heavy (non-hydrogen) atoms. The van der Waals surface area contributed by atoms with E-state index in [0.717, 1.165) is 5.56 Å². The Bertz CT molecular complexity index is 1280. The van der Waals surface area contributed by atoms with E-state index in [1.165, 1.54) is 11.8 Å². The van der Waals surface area contributed by atoms with Gasteiger partial charge in [-0.05, 0) is 38.5 Å². The lowest BCUT2D eigenvalue weighted by molar-refractivity contribution is -0.115. The molecule has 0 saturated carbocycles. The number of rotatable bonds is 6. The molecule has 1 N–H and O–H groups in total. The Balaban J connectivity index is 1.78. The quantitative estimate of drug-likeness (QED) is 0.348. The van der Waals surface area contributed by atoms with Gasteiger partial charge in [-0.2, -0.15) is 0 Å². The second-order valence-electron chi connectivity index (χ2n) is 7.40. The third kappa shape index (κ3) is 4.39. The highest BCUT2D eigenvalue weighted by molar-refractivity contribution is 8.00. The van der Waals surface area contributed by atoms with E-state index in [4.69, 9.17) is 9.51 Å². The van der Waals surface area contributed by atoms with Crippen LogP contribution in [0.3, 0.4) is 0 Å². The van der Waals surface area contributed by atoms with Crippen LogP contribution in [0.25, 0.3) is 10.9 Å². The van der Waals surface area contributed by atoms with Gasteiger partial charge in [0, 0.05) is 12.1 Å². The molecule has 0 fully saturated rings. The number of nitrogens with zero attached hydrogens (tertiary/aromatic N) is 3. The molecule has 0 aliphatic carbocycles. The first-order chi connectivity index (χ1) is 14.9. The number of para-hydroxylation sites is 1. The molecule has 0 aliphatic heterocycles. The van der Waals surface area contributed by atoms with E-state index in [1.54, 1.807) is 29.7 Å². The number of carbonyl (C=O) groups is 1. The highest BCUT2D eigenvalue weighted by Crippen LogP contribution is 2.36. The molecule has 0 spiro atoms. The van der Waals surface area contributed by atoms with Gasteiger partial charge in [0.2, 0.25) is 5.91 Å². The summed E-state index contributed by atoms with van der Waals surface area (Å²) in [7, 11) is 0. The van der Waals surface area contributed by atoms with Crippen molar-refractivity contribution in [2.45, 2.75) is 37.2 Å². The van der Waals surface area contributed by atoms with Gasteiger partial charge in [-0.25, -0.2) is 4.98 Å². The fourth-order valence-electron chi connectivity index (χ4n) is 3.29. The molecule has 7 nitrogen and oxygen atoms in total. The molecule has 2 aromatic carbocycles. The van der Waals surface area contributed by atoms with Crippen LogP contribution in [0.1, 0.15) is 36.5 Å². The fourth-order valence-corrected chi connectivity index (χ4v) is 4.52. The van der Waals surface area contributed by atoms with Crippen molar-refractivity contribution >= 4 is 34.4 Å². The third-order valence-corrected chi connectivity index (χ3v) is 5.96. The van der Waals surface area contributed by atoms with E-state index in [0.29, 0.717) is 27.6 Å². The Labute approximate surface area is 183 Å². The van der Waals surface area contributed by atoms with Crippen LogP contribution >= 0.6 is 11.8 Å². The molecule has 0 aliphatic rings. The predicted octanol–water partition coefficient (Wildman–Crippen LogP) is 4.75. The summed E-state index contributed by atoms with van der Waals surface area (Å²) in [5.74, 6) is 0.669. The monoisotopic (exact) mass is 434 g/mol. The lowest BCUT2D eigenvalue weighted by atomic mass is 10.1. The largest absolute Gasteiger partial charge is 0.360 e. The third-order valence-electron chi connectivity index (χ3n) is 4.73. The normalized spacial score (nSPS) is 12.3. The zero-order chi connectivity index (χ0) is 22.0. The SMILES string of the molecule is Cc1cc(NC(=O)C(Sc2nc3ccccc3c(=O)n2C(C)C)c2ccccc2)no1. The minimum Gasteiger partial charge on any atom is -0.360 e. The Kier molecular flexibility index (Phi) is 5.90. The number of fused-ring (bicyclic) bond motifs is 1. The van der Waals surface area contributed by atoms with Crippen LogP contribution in [-0.4, -0.2) is 20.6 Å². The standard InChI is InChI=1S/C23H22N4O3S/c1-14(2)27-22(29)17-11-7-8-12-18(17)24-23(27)31-20(16-9-5-4-6-10-16)21(28)25-19-13-15(3)30-26-19/h4-14,20H,1-3H3,(H,25,26,28). The Hall–Kier alpha value is -3.39.